The Morgan fingerprint density at radius 3 is 3.00 bits per heavy atom. The molecule has 0 aliphatic carbocycles. The van der Waals surface area contributed by atoms with Crippen LogP contribution in [0.5, 0.6) is 0 Å². The van der Waals surface area contributed by atoms with Crippen molar-refractivity contribution < 1.29 is 4.79 Å². The zero-order valence-corrected chi connectivity index (χ0v) is 4.71. The van der Waals surface area contributed by atoms with Crippen LogP contribution in [-0.4, -0.2) is 18.5 Å². The largest absolute Gasteiger partial charge is 0.301 e. The van der Waals surface area contributed by atoms with Crippen molar-refractivity contribution in [3.8, 4) is 0 Å². The summed E-state index contributed by atoms with van der Waals surface area (Å²) in [5.74, 6) is 0. The second-order valence-corrected chi connectivity index (χ2v) is 1.97. The molecule has 0 N–H and O–H groups in total. The zero-order chi connectivity index (χ0) is 5.82. The summed E-state index contributed by atoms with van der Waals surface area (Å²) >= 11 is 0. The van der Waals surface area contributed by atoms with Crippen LogP contribution in [0.15, 0.2) is 4.99 Å². The average molecular weight is 111 g/mol. The Balaban J connectivity index is 2.42. The highest BCUT2D eigenvalue weighted by molar-refractivity contribution is 5.66. The van der Waals surface area contributed by atoms with E-state index in [-0.39, 0.29) is 6.04 Å². The first-order valence-corrected chi connectivity index (χ1v) is 2.90. The standard InChI is InChI=1S/C6H9NO/c8-5-6-3-1-2-4-7-6/h4-6H,1-3H2. The summed E-state index contributed by atoms with van der Waals surface area (Å²) in [4.78, 5) is 14.0. The van der Waals surface area contributed by atoms with Gasteiger partial charge < -0.3 is 4.79 Å². The van der Waals surface area contributed by atoms with Crippen molar-refractivity contribution in [3.05, 3.63) is 0 Å². The summed E-state index contributed by atoms with van der Waals surface area (Å²) in [6.07, 6.45) is 5.86. The van der Waals surface area contributed by atoms with Crippen LogP contribution in [0.3, 0.4) is 0 Å². The Morgan fingerprint density at radius 1 is 1.75 bits per heavy atom. The molecule has 2 heteroatoms. The minimum Gasteiger partial charge on any atom is -0.301 e. The van der Waals surface area contributed by atoms with Gasteiger partial charge >= 0.3 is 0 Å². The molecule has 1 aliphatic rings. The Bertz CT molecular complexity index is 109. The number of rotatable bonds is 1. The van der Waals surface area contributed by atoms with Gasteiger partial charge in [-0.05, 0) is 25.5 Å². The molecule has 44 valence electrons. The van der Waals surface area contributed by atoms with E-state index in [9.17, 15) is 4.79 Å². The molecular formula is C6H9NO. The van der Waals surface area contributed by atoms with Crippen LogP contribution in [-0.2, 0) is 4.79 Å². The fourth-order valence-electron chi connectivity index (χ4n) is 0.806. The highest BCUT2D eigenvalue weighted by Crippen LogP contribution is 2.06. The van der Waals surface area contributed by atoms with Crippen molar-refractivity contribution in [3.63, 3.8) is 0 Å². The number of carbonyl (C=O) groups excluding carboxylic acids is 1. The summed E-state index contributed by atoms with van der Waals surface area (Å²) in [6, 6.07) is -0.0243. The van der Waals surface area contributed by atoms with Gasteiger partial charge in [-0.2, -0.15) is 0 Å². The van der Waals surface area contributed by atoms with Gasteiger partial charge in [0.2, 0.25) is 0 Å². The third-order valence-electron chi connectivity index (χ3n) is 1.29. The Morgan fingerprint density at radius 2 is 2.62 bits per heavy atom. The smallest absolute Gasteiger partial charge is 0.144 e. The van der Waals surface area contributed by atoms with Crippen molar-refractivity contribution in [2.75, 3.05) is 0 Å². The normalized spacial score (nSPS) is 27.8. The first-order valence-electron chi connectivity index (χ1n) is 2.90. The molecule has 1 atom stereocenters. The van der Waals surface area contributed by atoms with E-state index in [1.54, 1.807) is 0 Å². The molecule has 8 heavy (non-hydrogen) atoms. The van der Waals surface area contributed by atoms with Gasteiger partial charge in [0.15, 0.2) is 0 Å². The quantitative estimate of drug-likeness (QED) is 0.460. The van der Waals surface area contributed by atoms with E-state index in [4.69, 9.17) is 0 Å². The molecule has 1 aliphatic heterocycles. The topological polar surface area (TPSA) is 29.4 Å². The van der Waals surface area contributed by atoms with E-state index < -0.39 is 0 Å². The monoisotopic (exact) mass is 111 g/mol. The number of carbonyl (C=O) groups is 1. The predicted octanol–water partition coefficient (Wildman–Crippen LogP) is 0.809. The lowest BCUT2D eigenvalue weighted by molar-refractivity contribution is -0.109. The fraction of sp³-hybridized carbons (Fsp3) is 0.667. The molecule has 0 spiro atoms. The van der Waals surface area contributed by atoms with Crippen molar-refractivity contribution in [2.45, 2.75) is 25.3 Å². The van der Waals surface area contributed by atoms with Crippen LogP contribution in [0.1, 0.15) is 19.3 Å². The molecule has 0 radical (unpaired) electrons. The van der Waals surface area contributed by atoms with Gasteiger partial charge in [-0.25, -0.2) is 0 Å². The van der Waals surface area contributed by atoms with E-state index in [0.29, 0.717) is 0 Å². The number of hydrogen-bond acceptors (Lipinski definition) is 2. The first-order chi connectivity index (χ1) is 3.93. The van der Waals surface area contributed by atoms with Gasteiger partial charge in [0.05, 0.1) is 0 Å². The number of aldehydes is 1. The molecule has 0 fully saturated rings. The second kappa shape index (κ2) is 2.60. The SMILES string of the molecule is O=CC1CCCC=N1. The molecule has 1 unspecified atom stereocenters. The molecular weight excluding hydrogens is 102 g/mol. The molecule has 0 aromatic carbocycles. The number of hydrogen-bond donors (Lipinski definition) is 0. The van der Waals surface area contributed by atoms with Gasteiger partial charge in [0.25, 0.3) is 0 Å². The highest BCUT2D eigenvalue weighted by Gasteiger charge is 2.05. The lowest BCUT2D eigenvalue weighted by Gasteiger charge is -2.06. The van der Waals surface area contributed by atoms with E-state index in [2.05, 4.69) is 4.99 Å². The fourth-order valence-corrected chi connectivity index (χ4v) is 0.806. The lowest BCUT2D eigenvalue weighted by Crippen LogP contribution is -2.09. The summed E-state index contributed by atoms with van der Waals surface area (Å²) in [5.41, 5.74) is 0. The molecule has 0 saturated heterocycles. The summed E-state index contributed by atoms with van der Waals surface area (Å²) in [6.45, 7) is 0. The highest BCUT2D eigenvalue weighted by atomic mass is 16.1. The van der Waals surface area contributed by atoms with Crippen LogP contribution in [0, 0.1) is 0 Å². The van der Waals surface area contributed by atoms with Crippen molar-refractivity contribution in [1.29, 1.82) is 0 Å². The maximum absolute atomic E-state index is 10.0. The van der Waals surface area contributed by atoms with Crippen LogP contribution >= 0.6 is 0 Å². The molecule has 0 aromatic rings. The summed E-state index contributed by atoms with van der Waals surface area (Å²) < 4.78 is 0. The maximum atomic E-state index is 10.0. The van der Waals surface area contributed by atoms with Gasteiger partial charge in [-0.15, -0.1) is 0 Å². The molecule has 1 heterocycles. The van der Waals surface area contributed by atoms with Gasteiger partial charge in [-0.3, -0.25) is 4.99 Å². The van der Waals surface area contributed by atoms with Crippen molar-refractivity contribution in [2.24, 2.45) is 4.99 Å². The van der Waals surface area contributed by atoms with Crippen LogP contribution in [0.25, 0.3) is 0 Å². The molecule has 0 bridgehead atoms. The Kier molecular flexibility index (Phi) is 1.78. The van der Waals surface area contributed by atoms with Crippen LogP contribution in [0.4, 0.5) is 0 Å². The molecule has 0 amide bonds. The molecule has 0 aromatic heterocycles. The molecule has 2 nitrogen and oxygen atoms in total. The third kappa shape index (κ3) is 1.15. The molecule has 0 saturated carbocycles. The van der Waals surface area contributed by atoms with E-state index in [1.165, 1.54) is 0 Å². The first kappa shape index (κ1) is 5.48. The van der Waals surface area contributed by atoms with Gasteiger partial charge in [0.1, 0.15) is 12.3 Å². The predicted molar refractivity (Wildman–Crippen MR) is 32.2 cm³/mol. The summed E-state index contributed by atoms with van der Waals surface area (Å²) in [7, 11) is 0. The van der Waals surface area contributed by atoms with Crippen molar-refractivity contribution >= 4 is 12.5 Å². The minimum absolute atomic E-state index is 0.0243. The minimum atomic E-state index is -0.0243. The van der Waals surface area contributed by atoms with E-state index in [0.717, 1.165) is 25.5 Å². The average Bonchev–Trinajstić information content (AvgIpc) is 1.90. The lowest BCUT2D eigenvalue weighted by atomic mass is 10.1. The van der Waals surface area contributed by atoms with E-state index >= 15 is 0 Å². The second-order valence-electron chi connectivity index (χ2n) is 1.97. The van der Waals surface area contributed by atoms with E-state index in [1.807, 2.05) is 6.21 Å². The maximum Gasteiger partial charge on any atom is 0.144 e. The Hall–Kier alpha value is -0.660. The van der Waals surface area contributed by atoms with Crippen LogP contribution in [0.2, 0.25) is 0 Å². The van der Waals surface area contributed by atoms with Crippen molar-refractivity contribution in [1.82, 2.24) is 0 Å². The van der Waals surface area contributed by atoms with Crippen LogP contribution < -0.4 is 0 Å². The Labute approximate surface area is 48.6 Å². The number of aliphatic imine (C=N–C) groups is 1. The summed E-state index contributed by atoms with van der Waals surface area (Å²) in [5, 5.41) is 0. The van der Waals surface area contributed by atoms with Gasteiger partial charge in [-0.1, -0.05) is 0 Å². The van der Waals surface area contributed by atoms with Gasteiger partial charge in [0, 0.05) is 0 Å². The number of nitrogens with zero attached hydrogens (tertiary/aromatic N) is 1. The zero-order valence-electron chi connectivity index (χ0n) is 4.71. The third-order valence-corrected chi connectivity index (χ3v) is 1.29. The molecule has 1 rings (SSSR count).